The summed E-state index contributed by atoms with van der Waals surface area (Å²) in [5, 5.41) is 67.5. The number of benzene rings is 7. The number of H-pyrrole nitrogens is 1. The maximum Gasteiger partial charge on any atom is 0.573 e. The van der Waals surface area contributed by atoms with Crippen molar-refractivity contribution in [1.82, 2.24) is 50.7 Å². The second kappa shape index (κ2) is 51.8. The van der Waals surface area contributed by atoms with Gasteiger partial charge in [0.05, 0.1) is 71.2 Å². The largest absolute Gasteiger partial charge is 0.573 e. The average Bonchev–Trinajstić information content (AvgIpc) is 1.62. The summed E-state index contributed by atoms with van der Waals surface area (Å²) in [5.74, 6) is -3.48. The van der Waals surface area contributed by atoms with Crippen molar-refractivity contribution in [2.75, 3.05) is 106 Å². The number of aromatic carboxylic acids is 2. The monoisotopic (exact) mass is 2200 g/mol. The van der Waals surface area contributed by atoms with Gasteiger partial charge in [0, 0.05) is 95.3 Å². The van der Waals surface area contributed by atoms with Gasteiger partial charge in [0.1, 0.15) is 50.3 Å². The molecule has 7 aromatic carbocycles. The second-order valence-corrected chi connectivity index (χ2v) is 37.5. The number of rotatable bonds is 25. The summed E-state index contributed by atoms with van der Waals surface area (Å²) in [6, 6.07) is 35.6. The van der Waals surface area contributed by atoms with E-state index >= 15 is 0 Å². The fourth-order valence-corrected chi connectivity index (χ4v) is 19.2. The number of carbonyl (C=O) groups excluding carboxylic acids is 1. The first-order chi connectivity index (χ1) is 66.1. The summed E-state index contributed by atoms with van der Waals surface area (Å²) in [6.45, 7) is 9.85. The Morgan fingerprint density at radius 1 is 0.414 bits per heavy atom. The molecule has 5 fully saturated rings. The highest BCUT2D eigenvalue weighted by Crippen LogP contribution is 2.44. The minimum atomic E-state index is -4.82. The lowest BCUT2D eigenvalue weighted by atomic mass is 10.1. The van der Waals surface area contributed by atoms with Crippen LogP contribution in [0.1, 0.15) is 114 Å². The zero-order chi connectivity index (χ0) is 102. The molecule has 140 heavy (non-hydrogen) atoms. The van der Waals surface area contributed by atoms with E-state index in [1.54, 1.807) is 36.6 Å². The predicted octanol–water partition coefficient (Wildman–Crippen LogP) is 21.9. The van der Waals surface area contributed by atoms with Crippen molar-refractivity contribution in [1.29, 1.82) is 0 Å². The zero-order valence-corrected chi connectivity index (χ0v) is 81.6. The summed E-state index contributed by atoms with van der Waals surface area (Å²) in [7, 11) is 3.18. The van der Waals surface area contributed by atoms with E-state index in [0.717, 1.165) is 93.1 Å². The van der Waals surface area contributed by atoms with E-state index in [1.807, 2.05) is 63.2 Å². The fraction of sp³-hybridized carbons (Fsp3) is 0.414. The summed E-state index contributed by atoms with van der Waals surface area (Å²) in [5.41, 5.74) is 4.71. The Balaban J connectivity index is 0.000000183. The van der Waals surface area contributed by atoms with E-state index in [2.05, 4.69) is 85.9 Å². The number of nitrogens with zero attached hydrogens (tertiary/aromatic N) is 12. The highest BCUT2D eigenvalue weighted by molar-refractivity contribution is 9.10. The fourth-order valence-electron chi connectivity index (χ4n) is 14.1. The van der Waals surface area contributed by atoms with Crippen molar-refractivity contribution >= 4 is 150 Å². The smallest absolute Gasteiger partial charge is 0.497 e. The standard InChI is InChI=1S/C25H26ClF3N4O4S.C23H22ClF3N4O4S.C15H14ClF3N4O3S.C12H13ClF3NO2.C7H3BrClF3O.C5H11NO/c1-3-36-24(34)22-23(33(31-30-22)15-16-4-7-18(35-2)8-5-16)38-19-10-12-32(13-11-19)17-6-9-21(20(26)14-17)37-25(27,28)29;1-34-16-5-2-14(3-6-16)13-31-21(20(22(32)33)28-29-31)36-17-8-10-30(11-9-17)15-4-7-19(18(24)12-15)35-23(25,26)27;16-10-7-8(1-2-11(10)26-15(17,18)19)23-5-3-9(4-6-23)27-13-12(14(24)25)20-22-21-13;13-10-7-8(17-5-3-9(18)4-6-17)1-2-11(10)19-12(14,15)16;8-4-1-2-6(5(9)3-4)13-7(10,11)12;7-5-1-3-6-4-2-5/h4-9,14,19H,3,10-13,15H2,1-2H3;2-7,12,17H,8-11,13H2,1H3,(H,32,33);1-2,7,9H,3-6H2,(H,24,25)(H,20,21,22);1-2,7,9,18H,3-6H2;1-3H;5-7H,1-4H2. The Kier molecular flexibility index (Phi) is 41.4. The quantitative estimate of drug-likeness (QED) is 0.0229. The number of anilines is 4. The molecule has 762 valence electrons. The van der Waals surface area contributed by atoms with Gasteiger partial charge in [-0.15, -0.1) is 110 Å². The molecule has 15 rings (SSSR count). The molecule has 5 saturated heterocycles. The van der Waals surface area contributed by atoms with Gasteiger partial charge in [-0.05, 0) is 211 Å². The molecule has 0 unspecified atom stereocenters. The molecule has 3 aromatic heterocycles. The third-order valence-electron chi connectivity index (χ3n) is 20.8. The Morgan fingerprint density at radius 2 is 0.721 bits per heavy atom. The number of aliphatic hydroxyl groups is 2. The van der Waals surface area contributed by atoms with Crippen molar-refractivity contribution in [2.45, 2.75) is 159 Å². The number of halogens is 21. The van der Waals surface area contributed by atoms with E-state index in [-0.39, 0.29) is 76.8 Å². The highest BCUT2D eigenvalue weighted by atomic mass is 79.9. The van der Waals surface area contributed by atoms with Crippen LogP contribution in [-0.4, -0.2) is 230 Å². The molecule has 29 nitrogen and oxygen atoms in total. The molecule has 0 amide bonds. The zero-order valence-electron chi connectivity index (χ0n) is 73.7. The lowest BCUT2D eigenvalue weighted by Crippen LogP contribution is -2.35. The van der Waals surface area contributed by atoms with Crippen LogP contribution in [0.2, 0.25) is 25.1 Å². The molecule has 10 aromatic rings. The Hall–Kier alpha value is -10.0. The minimum absolute atomic E-state index is 0.0266. The van der Waals surface area contributed by atoms with Gasteiger partial charge in [0.15, 0.2) is 5.03 Å². The van der Waals surface area contributed by atoms with Crippen LogP contribution in [0.25, 0.3) is 0 Å². The van der Waals surface area contributed by atoms with Crippen LogP contribution in [0, 0.1) is 0 Å². The second-order valence-electron chi connectivity index (χ2n) is 30.7. The predicted molar refractivity (Wildman–Crippen MR) is 498 cm³/mol. The van der Waals surface area contributed by atoms with Crippen LogP contribution < -0.4 is 58.1 Å². The molecule has 8 heterocycles. The van der Waals surface area contributed by atoms with E-state index in [1.165, 1.54) is 114 Å². The van der Waals surface area contributed by atoms with Crippen LogP contribution in [-0.2, 0) is 17.8 Å². The molecular formula is C87H89BrCl5F15N14O15S3. The van der Waals surface area contributed by atoms with Crippen molar-refractivity contribution < 1.29 is 139 Å². The van der Waals surface area contributed by atoms with Crippen molar-refractivity contribution in [3.05, 3.63) is 197 Å². The number of carboxylic acid groups (broad SMARTS) is 2. The molecule has 0 aliphatic carbocycles. The summed E-state index contributed by atoms with van der Waals surface area (Å²) >= 11 is 36.5. The first-order valence-corrected chi connectivity index (χ1v) is 47.6. The van der Waals surface area contributed by atoms with Gasteiger partial charge >= 0.3 is 49.7 Å². The van der Waals surface area contributed by atoms with Crippen LogP contribution >= 0.6 is 109 Å². The maximum absolute atomic E-state index is 12.6. The number of piperidine rings is 5. The molecule has 0 saturated carbocycles. The van der Waals surface area contributed by atoms with Crippen molar-refractivity contribution in [2.24, 2.45) is 0 Å². The van der Waals surface area contributed by atoms with Crippen LogP contribution in [0.3, 0.4) is 0 Å². The molecule has 53 heteroatoms. The van der Waals surface area contributed by atoms with Gasteiger partial charge in [-0.1, -0.05) is 120 Å². The summed E-state index contributed by atoms with van der Waals surface area (Å²) < 4.78 is 222. The van der Waals surface area contributed by atoms with Gasteiger partial charge in [-0.3, -0.25) is 0 Å². The van der Waals surface area contributed by atoms with E-state index < -0.39 is 78.5 Å². The molecule has 5 aliphatic rings. The van der Waals surface area contributed by atoms with Crippen LogP contribution in [0.4, 0.5) is 88.6 Å². The number of thioether (sulfide) groups is 3. The van der Waals surface area contributed by atoms with Gasteiger partial charge in [0.25, 0.3) is 0 Å². The first kappa shape index (κ1) is 112. The Labute approximate surface area is 836 Å². The third-order valence-corrected chi connectivity index (χ3v) is 27.0. The van der Waals surface area contributed by atoms with Crippen LogP contribution in [0.15, 0.2) is 159 Å². The lowest BCUT2D eigenvalue weighted by molar-refractivity contribution is -0.275. The summed E-state index contributed by atoms with van der Waals surface area (Å²) in [6.07, 6.45) is -16.6. The van der Waals surface area contributed by atoms with Gasteiger partial charge in [-0.25, -0.2) is 23.7 Å². The van der Waals surface area contributed by atoms with Crippen LogP contribution in [0.5, 0.6) is 40.2 Å². The first-order valence-electron chi connectivity index (χ1n) is 42.3. The number of nitrogens with one attached hydrogen (secondary N) is 2. The molecule has 6 N–H and O–H groups in total. The van der Waals surface area contributed by atoms with Crippen molar-refractivity contribution in [3.63, 3.8) is 0 Å². The maximum atomic E-state index is 12.6. The molecule has 0 spiro atoms. The molecule has 5 aliphatic heterocycles. The number of ether oxygens (including phenoxy) is 8. The van der Waals surface area contributed by atoms with Gasteiger partial charge in [-0.2, -0.15) is 5.21 Å². The number of carboxylic acids is 2. The molecule has 0 radical (unpaired) electrons. The Morgan fingerprint density at radius 3 is 1.02 bits per heavy atom. The van der Waals surface area contributed by atoms with E-state index in [9.17, 15) is 90.5 Å². The van der Waals surface area contributed by atoms with Gasteiger partial charge < -0.3 is 83.2 Å². The number of carbonyl (C=O) groups is 3. The number of hydrogen-bond donors (Lipinski definition) is 6. The summed E-state index contributed by atoms with van der Waals surface area (Å²) in [4.78, 5) is 43.4. The number of alkyl halides is 15. The number of aromatic amines is 1. The van der Waals surface area contributed by atoms with Crippen molar-refractivity contribution in [3.8, 4) is 40.2 Å². The van der Waals surface area contributed by atoms with E-state index in [4.69, 9.17) is 82.4 Å². The number of aromatic nitrogens is 9. The highest BCUT2D eigenvalue weighted by Gasteiger charge is 2.39. The SMILES string of the molecule is CCOC(=O)c1nnn(Cc2ccc(OC)cc2)c1SC1CCN(c2ccc(OC(F)(F)F)c(Cl)c2)CC1.COc1ccc(Cn2nnc(C(=O)O)c2SC2CCN(c3ccc(OC(F)(F)F)c(Cl)c3)CC2)cc1.FC(F)(F)Oc1ccc(Br)cc1Cl.O=C(O)c1n[nH]nc1SC1CCN(c2ccc(OC(F)(F)F)c(Cl)c2)CC1.OC1CCN(c2ccc(OC(F)(F)F)c(Cl)c2)CC1.OC1CCNCC1. The third kappa shape index (κ3) is 36.1. The average molecular weight is 2210 g/mol. The number of methoxy groups -OCH3 is 2. The van der Waals surface area contributed by atoms with E-state index in [0.29, 0.717) is 121 Å². The number of esters is 1. The molecule has 0 atom stereocenters. The van der Waals surface area contributed by atoms with Gasteiger partial charge in [0.2, 0.25) is 17.1 Å². The molecule has 0 bridgehead atoms. The normalized spacial score (nSPS) is 15.4. The number of aliphatic hydroxyl groups excluding tert-OH is 2. The minimum Gasteiger partial charge on any atom is -0.497 e. The number of hydrogen-bond acceptors (Lipinski definition) is 27. The Bertz CT molecular complexity index is 5680. The topological polar surface area (TPSA) is 334 Å². The lowest BCUT2D eigenvalue weighted by Gasteiger charge is -2.33. The molecular weight excluding hydrogens is 2120 g/mol.